The van der Waals surface area contributed by atoms with Crippen LogP contribution in [0.15, 0.2) is 66.4 Å². The molecule has 3 aromatic carbocycles. The number of fused-ring (bicyclic) bond motifs is 1. The highest BCUT2D eigenvalue weighted by molar-refractivity contribution is 6.30. The zero-order valence-electron chi connectivity index (χ0n) is 16.7. The smallest absolute Gasteiger partial charge is 0.351 e. The molecule has 0 unspecified atom stereocenters. The molecule has 1 aliphatic heterocycles. The maximum Gasteiger partial charge on any atom is 0.351 e. The van der Waals surface area contributed by atoms with Gasteiger partial charge in [-0.3, -0.25) is 4.79 Å². The molecule has 0 spiro atoms. The van der Waals surface area contributed by atoms with E-state index in [1.165, 1.54) is 26.4 Å². The summed E-state index contributed by atoms with van der Waals surface area (Å²) in [6, 6.07) is 16.6. The second-order valence-corrected chi connectivity index (χ2v) is 7.02. The van der Waals surface area contributed by atoms with E-state index in [-0.39, 0.29) is 22.9 Å². The molecular weight excluding hydrogens is 420 g/mol. The Morgan fingerprint density at radius 1 is 0.968 bits per heavy atom. The average Bonchev–Trinajstić information content (AvgIpc) is 3.07. The third kappa shape index (κ3) is 4.11. The van der Waals surface area contributed by atoms with Crippen molar-refractivity contribution in [3.05, 3.63) is 88.1 Å². The molecule has 0 N–H and O–H groups in total. The number of halogens is 1. The Labute approximate surface area is 183 Å². The van der Waals surface area contributed by atoms with Crippen LogP contribution in [0, 0.1) is 0 Å². The maximum atomic E-state index is 12.8. The van der Waals surface area contributed by atoms with Gasteiger partial charge in [-0.15, -0.1) is 0 Å². The number of rotatable bonds is 5. The number of hydrogen-bond acceptors (Lipinski definition) is 6. The number of ether oxygens (including phenoxy) is 4. The number of Topliss-reactive ketones (excluding diaryl/α,β-unsaturated/α-hetero) is 1. The van der Waals surface area contributed by atoms with Gasteiger partial charge in [0.25, 0.3) is 0 Å². The fraction of sp³-hybridized carbons (Fsp3) is 0.0833. The van der Waals surface area contributed by atoms with Crippen LogP contribution >= 0.6 is 11.6 Å². The Balaban J connectivity index is 1.59. The second-order valence-electron chi connectivity index (χ2n) is 6.58. The van der Waals surface area contributed by atoms with E-state index in [0.717, 1.165) is 5.56 Å². The summed E-state index contributed by atoms with van der Waals surface area (Å²) in [6.45, 7) is 0. The van der Waals surface area contributed by atoms with E-state index in [2.05, 4.69) is 0 Å². The molecule has 0 fully saturated rings. The van der Waals surface area contributed by atoms with E-state index < -0.39 is 5.97 Å². The minimum absolute atomic E-state index is 0.159. The van der Waals surface area contributed by atoms with Crippen LogP contribution in [0.2, 0.25) is 5.02 Å². The molecule has 4 rings (SSSR count). The first-order chi connectivity index (χ1) is 15.0. The maximum absolute atomic E-state index is 12.8. The van der Waals surface area contributed by atoms with Crippen molar-refractivity contribution in [3.8, 4) is 23.0 Å². The molecule has 1 aliphatic rings. The van der Waals surface area contributed by atoms with Crippen molar-refractivity contribution in [2.24, 2.45) is 0 Å². The van der Waals surface area contributed by atoms with Gasteiger partial charge in [0, 0.05) is 11.1 Å². The third-order valence-electron chi connectivity index (χ3n) is 4.63. The predicted molar refractivity (Wildman–Crippen MR) is 115 cm³/mol. The topological polar surface area (TPSA) is 71.1 Å². The fourth-order valence-corrected chi connectivity index (χ4v) is 3.39. The van der Waals surface area contributed by atoms with Crippen LogP contribution < -0.4 is 18.9 Å². The van der Waals surface area contributed by atoms with Crippen LogP contribution in [0.5, 0.6) is 23.0 Å². The van der Waals surface area contributed by atoms with Crippen molar-refractivity contribution in [1.29, 1.82) is 0 Å². The van der Waals surface area contributed by atoms with Crippen LogP contribution in [0.4, 0.5) is 0 Å². The molecule has 0 bridgehead atoms. The predicted octanol–water partition coefficient (Wildman–Crippen LogP) is 5.19. The molecule has 0 aromatic heterocycles. The van der Waals surface area contributed by atoms with Crippen LogP contribution in [0.3, 0.4) is 0 Å². The molecule has 0 radical (unpaired) electrons. The number of ketones is 1. The summed E-state index contributed by atoms with van der Waals surface area (Å²) in [4.78, 5) is 25.4. The largest absolute Gasteiger partial charge is 0.496 e. The molecule has 3 aromatic rings. The van der Waals surface area contributed by atoms with Crippen molar-refractivity contribution >= 4 is 29.4 Å². The van der Waals surface area contributed by atoms with Gasteiger partial charge >= 0.3 is 5.97 Å². The molecule has 0 amide bonds. The summed E-state index contributed by atoms with van der Waals surface area (Å²) in [5, 5.41) is 0.554. The molecule has 0 saturated carbocycles. The quantitative estimate of drug-likeness (QED) is 0.311. The van der Waals surface area contributed by atoms with Crippen molar-refractivity contribution in [3.63, 3.8) is 0 Å². The van der Waals surface area contributed by atoms with Gasteiger partial charge in [-0.2, -0.15) is 0 Å². The summed E-state index contributed by atoms with van der Waals surface area (Å²) >= 11 is 6.00. The zero-order valence-corrected chi connectivity index (χ0v) is 17.4. The van der Waals surface area contributed by atoms with Gasteiger partial charge in [0.05, 0.1) is 19.8 Å². The lowest BCUT2D eigenvalue weighted by Crippen LogP contribution is -2.12. The highest BCUT2D eigenvalue weighted by Gasteiger charge is 2.28. The first-order valence-electron chi connectivity index (χ1n) is 9.27. The van der Waals surface area contributed by atoms with Gasteiger partial charge in [-0.1, -0.05) is 29.8 Å². The summed E-state index contributed by atoms with van der Waals surface area (Å²) < 4.78 is 21.7. The first kappa shape index (κ1) is 20.5. The number of esters is 1. The van der Waals surface area contributed by atoms with Gasteiger partial charge in [0.2, 0.25) is 5.78 Å². The number of methoxy groups -OCH3 is 2. The van der Waals surface area contributed by atoms with E-state index in [1.54, 1.807) is 48.5 Å². The summed E-state index contributed by atoms with van der Waals surface area (Å²) in [5.74, 6) is 0.399. The molecule has 0 saturated heterocycles. The van der Waals surface area contributed by atoms with Crippen molar-refractivity contribution in [1.82, 2.24) is 0 Å². The van der Waals surface area contributed by atoms with Crippen LogP contribution in [-0.4, -0.2) is 26.0 Å². The molecule has 6 nitrogen and oxygen atoms in total. The Kier molecular flexibility index (Phi) is 5.64. The monoisotopic (exact) mass is 436 g/mol. The normalized spacial score (nSPS) is 13.5. The van der Waals surface area contributed by atoms with E-state index in [9.17, 15) is 9.59 Å². The molecular formula is C24H17ClO6. The third-order valence-corrected chi connectivity index (χ3v) is 4.87. The number of carbonyl (C=O) groups is 2. The highest BCUT2D eigenvalue weighted by atomic mass is 35.5. The zero-order chi connectivity index (χ0) is 22.0. The number of benzene rings is 3. The van der Waals surface area contributed by atoms with Gasteiger partial charge in [-0.05, 0) is 48.0 Å². The van der Waals surface area contributed by atoms with Crippen LogP contribution in [0.25, 0.3) is 6.08 Å². The summed E-state index contributed by atoms with van der Waals surface area (Å²) in [5.41, 5.74) is 1.27. The van der Waals surface area contributed by atoms with Crippen molar-refractivity contribution in [2.75, 3.05) is 14.2 Å². The summed E-state index contributed by atoms with van der Waals surface area (Å²) in [7, 11) is 2.91. The Hall–Kier alpha value is -3.77. The average molecular weight is 437 g/mol. The molecule has 31 heavy (non-hydrogen) atoms. The first-order valence-corrected chi connectivity index (χ1v) is 9.65. The van der Waals surface area contributed by atoms with Crippen LogP contribution in [0.1, 0.15) is 26.3 Å². The molecule has 156 valence electrons. The van der Waals surface area contributed by atoms with Gasteiger partial charge in [0.1, 0.15) is 28.6 Å². The number of hydrogen-bond donors (Lipinski definition) is 0. The lowest BCUT2D eigenvalue weighted by Gasteiger charge is -2.12. The molecule has 0 aliphatic carbocycles. The van der Waals surface area contributed by atoms with Gasteiger partial charge in [0.15, 0.2) is 5.76 Å². The minimum Gasteiger partial charge on any atom is -0.496 e. The van der Waals surface area contributed by atoms with Crippen molar-refractivity contribution in [2.45, 2.75) is 0 Å². The lowest BCUT2D eigenvalue weighted by atomic mass is 10.1. The molecule has 0 atom stereocenters. The van der Waals surface area contributed by atoms with Gasteiger partial charge < -0.3 is 18.9 Å². The summed E-state index contributed by atoms with van der Waals surface area (Å²) in [6.07, 6.45) is 1.61. The highest BCUT2D eigenvalue weighted by Crippen LogP contribution is 2.36. The van der Waals surface area contributed by atoms with E-state index in [0.29, 0.717) is 27.8 Å². The molecule has 1 heterocycles. The molecule has 7 heteroatoms. The number of allylic oxidation sites excluding steroid dienone is 1. The Bertz CT molecular complexity index is 1190. The Morgan fingerprint density at radius 3 is 2.35 bits per heavy atom. The van der Waals surface area contributed by atoms with Crippen molar-refractivity contribution < 1.29 is 28.5 Å². The minimum atomic E-state index is -0.659. The number of carbonyl (C=O) groups excluding carboxylic acids is 2. The fourth-order valence-electron chi connectivity index (χ4n) is 3.19. The van der Waals surface area contributed by atoms with Gasteiger partial charge in [-0.25, -0.2) is 4.79 Å². The van der Waals surface area contributed by atoms with Crippen LogP contribution in [-0.2, 0) is 0 Å². The standard InChI is InChI=1S/C24H17ClO6/c1-28-18-7-4-8-19(29-2)22(18)24(27)30-16-9-10-17-20(13-16)31-21(23(17)26)12-14-5-3-6-15(25)11-14/h3-13H,1-2H3/b21-12-. The van der Waals surface area contributed by atoms with E-state index >= 15 is 0 Å². The lowest BCUT2D eigenvalue weighted by molar-refractivity contribution is 0.0727. The van der Waals surface area contributed by atoms with E-state index in [4.69, 9.17) is 30.5 Å². The Morgan fingerprint density at radius 2 is 1.68 bits per heavy atom. The SMILES string of the molecule is COc1cccc(OC)c1C(=O)Oc1ccc2c(c1)O/C(=C\c1cccc(Cl)c1)C2=O. The second kappa shape index (κ2) is 8.53. The van der Waals surface area contributed by atoms with E-state index in [1.807, 2.05) is 6.07 Å².